The average Bonchev–Trinajstić information content (AvgIpc) is 3.11. The van der Waals surface area contributed by atoms with E-state index in [-0.39, 0.29) is 58.2 Å². The fourth-order valence-electron chi connectivity index (χ4n) is 13.7. The molecule has 0 aromatic heterocycles. The molecule has 318 valence electrons. The summed E-state index contributed by atoms with van der Waals surface area (Å²) in [4.78, 5) is 25.4. The molecule has 0 aromatic carbocycles. The highest BCUT2D eigenvalue weighted by molar-refractivity contribution is 5.76. The number of aliphatic hydroxyl groups is 5. The predicted molar refractivity (Wildman–Crippen MR) is 204 cm³/mol. The number of hydrogen-bond acceptors (Lipinski definition) is 11. The van der Waals surface area contributed by atoms with E-state index in [4.69, 9.17) is 18.9 Å². The van der Waals surface area contributed by atoms with Crippen molar-refractivity contribution in [1.82, 2.24) is 5.32 Å². The summed E-state index contributed by atoms with van der Waals surface area (Å²) in [7, 11) is 0. The normalized spacial score (nSPS) is 50.9. The minimum atomic E-state index is -1.54. The van der Waals surface area contributed by atoms with E-state index in [1.807, 2.05) is 0 Å². The van der Waals surface area contributed by atoms with Gasteiger partial charge in [-0.15, -0.1) is 0 Å². The number of carboxylic acid groups (broad SMARTS) is 1. The van der Waals surface area contributed by atoms with Gasteiger partial charge in [-0.3, -0.25) is 9.59 Å². The van der Waals surface area contributed by atoms with Crippen molar-refractivity contribution in [2.45, 2.75) is 181 Å². The molecule has 56 heavy (non-hydrogen) atoms. The number of hydrogen-bond donors (Lipinski definition) is 7. The molecule has 0 spiro atoms. The number of carbonyl (C=O) groups is 2. The van der Waals surface area contributed by atoms with Gasteiger partial charge in [-0.1, -0.05) is 60.1 Å². The molecule has 7 rings (SSSR count). The van der Waals surface area contributed by atoms with Gasteiger partial charge in [0.05, 0.1) is 24.7 Å². The Bertz CT molecular complexity index is 1550. The van der Waals surface area contributed by atoms with Crippen LogP contribution in [0.2, 0.25) is 0 Å². The highest BCUT2D eigenvalue weighted by Crippen LogP contribution is 2.76. The van der Waals surface area contributed by atoms with Gasteiger partial charge in [0.15, 0.2) is 12.6 Å². The Balaban J connectivity index is 1.11. The summed E-state index contributed by atoms with van der Waals surface area (Å²) >= 11 is 0. The Morgan fingerprint density at radius 3 is 2.21 bits per heavy atom. The van der Waals surface area contributed by atoms with Crippen molar-refractivity contribution in [1.29, 1.82) is 0 Å². The first kappa shape index (κ1) is 42.4. The zero-order valence-electron chi connectivity index (χ0n) is 34.7. The third-order valence-electron chi connectivity index (χ3n) is 17.3. The second-order valence-corrected chi connectivity index (χ2v) is 21.0. The van der Waals surface area contributed by atoms with E-state index in [9.17, 15) is 40.2 Å². The van der Waals surface area contributed by atoms with Crippen molar-refractivity contribution in [2.75, 3.05) is 13.2 Å². The number of allylic oxidation sites excluding steroid dienone is 2. The standard InChI is InChI=1S/C43H69NO12/c1-22(45)44-30-33(49)32(48)26(21-54-36-34(50)31(47)25(46)20-53-36)55-35(30)56-29-12-13-40(6)27(39(29,4)5)11-14-42(8)28(40)10-9-23-24-19-38(2,3)15-17-43(24,37(51)52)18-16-41(23,42)7/h9,24-36,46-50H,10-21H2,1-8H3,(H,44,45)(H,51,52)/t24-,25-,26+,27-,28+,29-,30+,31-,32+,33+,34-,35-,36-,40-,41+,42+,43-/m0/s1. The smallest absolute Gasteiger partial charge is 0.310 e. The molecule has 7 aliphatic rings. The van der Waals surface area contributed by atoms with Gasteiger partial charge in [0.25, 0.3) is 0 Å². The van der Waals surface area contributed by atoms with E-state index in [0.29, 0.717) is 12.3 Å². The van der Waals surface area contributed by atoms with Crippen molar-refractivity contribution >= 4 is 11.9 Å². The molecule has 7 N–H and O–H groups in total. The minimum absolute atomic E-state index is 0.00142. The molecular formula is C43H69NO12. The van der Waals surface area contributed by atoms with Crippen LogP contribution in [-0.4, -0.2) is 117 Å². The van der Waals surface area contributed by atoms with Gasteiger partial charge < -0.3 is 54.9 Å². The van der Waals surface area contributed by atoms with Crippen LogP contribution in [0.5, 0.6) is 0 Å². The van der Waals surface area contributed by atoms with Crippen LogP contribution >= 0.6 is 0 Å². The van der Waals surface area contributed by atoms with Gasteiger partial charge >= 0.3 is 5.97 Å². The highest BCUT2D eigenvalue weighted by atomic mass is 16.7. The van der Waals surface area contributed by atoms with E-state index in [2.05, 4.69) is 59.9 Å². The number of carboxylic acids is 1. The zero-order chi connectivity index (χ0) is 41.0. The molecule has 0 unspecified atom stereocenters. The predicted octanol–water partition coefficient (Wildman–Crippen LogP) is 3.66. The lowest BCUT2D eigenvalue weighted by atomic mass is 9.33. The number of carbonyl (C=O) groups excluding carboxylic acids is 1. The molecule has 13 heteroatoms. The van der Waals surface area contributed by atoms with E-state index in [1.165, 1.54) is 12.5 Å². The van der Waals surface area contributed by atoms with Crippen molar-refractivity contribution < 1.29 is 59.2 Å². The number of amides is 1. The van der Waals surface area contributed by atoms with Crippen molar-refractivity contribution in [3.63, 3.8) is 0 Å². The number of ether oxygens (including phenoxy) is 4. The summed E-state index contributed by atoms with van der Waals surface area (Å²) in [5.41, 5.74) is 0.380. The molecule has 4 saturated carbocycles. The fraction of sp³-hybridized carbons (Fsp3) is 0.907. The van der Waals surface area contributed by atoms with Gasteiger partial charge in [0.2, 0.25) is 5.91 Å². The van der Waals surface area contributed by atoms with Crippen LogP contribution < -0.4 is 5.32 Å². The SMILES string of the molecule is CC(=O)N[C@H]1[C@H](O[C@H]2CC[C@]3(C)[C@H]4CC=C5[C@@H]6CC(C)(C)CC[C@]6(C(=O)O)CC[C@@]5(C)[C@]4(C)CC[C@H]3C2(C)C)O[C@H](CO[C@@H]2OC[C@H](O)[C@H](O)[C@@H]2O)[C@@H](O)[C@@H]1O. The molecule has 6 fully saturated rings. The third-order valence-corrected chi connectivity index (χ3v) is 17.3. The third kappa shape index (κ3) is 6.53. The number of aliphatic hydroxyl groups excluding tert-OH is 5. The number of fused-ring (bicyclic) bond motifs is 7. The first-order chi connectivity index (χ1) is 26.0. The maximum absolute atomic E-state index is 13.1. The van der Waals surface area contributed by atoms with Gasteiger partial charge in [-0.25, -0.2) is 0 Å². The van der Waals surface area contributed by atoms with Crippen molar-refractivity contribution in [3.05, 3.63) is 11.6 Å². The minimum Gasteiger partial charge on any atom is -0.481 e. The second kappa shape index (κ2) is 14.5. The largest absolute Gasteiger partial charge is 0.481 e. The van der Waals surface area contributed by atoms with Gasteiger partial charge in [-0.2, -0.15) is 0 Å². The van der Waals surface area contributed by atoms with Crippen LogP contribution in [0.25, 0.3) is 0 Å². The molecule has 1 amide bonds. The fourth-order valence-corrected chi connectivity index (χ4v) is 13.7. The molecule has 0 aromatic rings. The maximum atomic E-state index is 13.1. The molecule has 2 aliphatic heterocycles. The molecule has 2 saturated heterocycles. The van der Waals surface area contributed by atoms with Crippen molar-refractivity contribution in [3.8, 4) is 0 Å². The number of rotatable bonds is 7. The van der Waals surface area contributed by atoms with Crippen LogP contribution in [0.15, 0.2) is 11.6 Å². The lowest BCUT2D eigenvalue weighted by molar-refractivity contribution is -0.322. The van der Waals surface area contributed by atoms with E-state index in [0.717, 1.165) is 57.8 Å². The number of nitrogens with one attached hydrogen (secondary N) is 1. The topological polar surface area (TPSA) is 204 Å². The van der Waals surface area contributed by atoms with Crippen LogP contribution in [0.1, 0.15) is 120 Å². The van der Waals surface area contributed by atoms with E-state index in [1.54, 1.807) is 0 Å². The van der Waals surface area contributed by atoms with Crippen LogP contribution in [0.3, 0.4) is 0 Å². The van der Waals surface area contributed by atoms with Crippen LogP contribution in [0, 0.1) is 50.2 Å². The lowest BCUT2D eigenvalue weighted by Crippen LogP contribution is -2.67. The molecule has 17 atom stereocenters. The molecule has 0 radical (unpaired) electrons. The second-order valence-electron chi connectivity index (χ2n) is 21.0. The monoisotopic (exact) mass is 791 g/mol. The molecule has 13 nitrogen and oxygen atoms in total. The van der Waals surface area contributed by atoms with Gasteiger partial charge in [0, 0.05) is 6.92 Å². The van der Waals surface area contributed by atoms with Gasteiger partial charge in [-0.05, 0) is 109 Å². The highest BCUT2D eigenvalue weighted by Gasteiger charge is 2.69. The number of aliphatic carboxylic acids is 1. The quantitative estimate of drug-likeness (QED) is 0.146. The van der Waals surface area contributed by atoms with Crippen molar-refractivity contribution in [2.24, 2.45) is 50.2 Å². The molecule has 2 heterocycles. The molecule has 5 aliphatic carbocycles. The Hall–Kier alpha value is -1.68. The van der Waals surface area contributed by atoms with Gasteiger partial charge in [0.1, 0.15) is 42.7 Å². The summed E-state index contributed by atoms with van der Waals surface area (Å²) in [6, 6.07) is -1.07. The first-order valence-corrected chi connectivity index (χ1v) is 21.2. The lowest BCUT2D eigenvalue weighted by Gasteiger charge is -2.71. The zero-order valence-corrected chi connectivity index (χ0v) is 34.7. The Morgan fingerprint density at radius 2 is 1.54 bits per heavy atom. The molecular weight excluding hydrogens is 722 g/mol. The summed E-state index contributed by atoms with van der Waals surface area (Å²) in [5.74, 6) is -0.304. The Kier molecular flexibility index (Phi) is 11.0. The Morgan fingerprint density at radius 1 is 0.839 bits per heavy atom. The first-order valence-electron chi connectivity index (χ1n) is 21.2. The summed E-state index contributed by atoms with van der Waals surface area (Å²) in [6.07, 6.45) is 0.178. The van der Waals surface area contributed by atoms with E-state index >= 15 is 0 Å². The molecule has 0 bridgehead atoms. The van der Waals surface area contributed by atoms with E-state index < -0.39 is 72.5 Å². The van der Waals surface area contributed by atoms with Crippen LogP contribution in [0.4, 0.5) is 0 Å². The maximum Gasteiger partial charge on any atom is 0.310 e. The average molecular weight is 792 g/mol. The Labute approximate surface area is 331 Å². The van der Waals surface area contributed by atoms with Crippen LogP contribution in [-0.2, 0) is 28.5 Å². The summed E-state index contributed by atoms with van der Waals surface area (Å²) < 4.78 is 24.2. The summed E-state index contributed by atoms with van der Waals surface area (Å²) in [5, 5.41) is 66.2. The summed E-state index contributed by atoms with van der Waals surface area (Å²) in [6.45, 7) is 17.3.